The Morgan fingerprint density at radius 1 is 0.926 bits per heavy atom. The zero-order valence-electron chi connectivity index (χ0n) is 14.8. The van der Waals surface area contributed by atoms with Crippen LogP contribution in [-0.2, 0) is 10.0 Å². The first-order valence-corrected chi connectivity index (χ1v) is 10.4. The average molecular weight is 383 g/mol. The van der Waals surface area contributed by atoms with Gasteiger partial charge in [-0.05, 0) is 49.2 Å². The summed E-state index contributed by atoms with van der Waals surface area (Å²) < 4.78 is 28.7. The number of nitrogens with one attached hydrogen (secondary N) is 1. The predicted octanol–water partition coefficient (Wildman–Crippen LogP) is 2.52. The first-order valence-electron chi connectivity index (χ1n) is 8.98. The van der Waals surface area contributed by atoms with Crippen molar-refractivity contribution in [1.82, 2.24) is 14.0 Å². The number of nitrogens with zero attached hydrogens (tertiary/aromatic N) is 2. The Morgan fingerprint density at radius 2 is 1.63 bits per heavy atom. The molecular weight excluding hydrogens is 362 g/mol. The Balaban J connectivity index is 1.40. The van der Waals surface area contributed by atoms with Gasteiger partial charge in [0.25, 0.3) is 5.91 Å². The van der Waals surface area contributed by atoms with Gasteiger partial charge >= 0.3 is 0 Å². The molecule has 4 rings (SSSR count). The van der Waals surface area contributed by atoms with Gasteiger partial charge in [0.1, 0.15) is 5.69 Å². The lowest BCUT2D eigenvalue weighted by Gasteiger charge is -2.31. The van der Waals surface area contributed by atoms with Crippen LogP contribution in [-0.4, -0.2) is 42.2 Å². The van der Waals surface area contributed by atoms with E-state index in [0.29, 0.717) is 36.5 Å². The largest absolute Gasteiger partial charge is 0.348 e. The van der Waals surface area contributed by atoms with Gasteiger partial charge in [-0.2, -0.15) is 4.31 Å². The van der Waals surface area contributed by atoms with Crippen molar-refractivity contribution in [3.8, 4) is 0 Å². The summed E-state index contributed by atoms with van der Waals surface area (Å²) in [4.78, 5) is 12.9. The highest BCUT2D eigenvalue weighted by Gasteiger charge is 2.30. The Bertz CT molecular complexity index is 1050. The van der Waals surface area contributed by atoms with Crippen LogP contribution in [0.4, 0.5) is 0 Å². The number of carbonyl (C=O) groups excluding carboxylic acids is 1. The van der Waals surface area contributed by atoms with Crippen molar-refractivity contribution in [3.63, 3.8) is 0 Å². The average Bonchev–Trinajstić information content (AvgIpc) is 3.13. The van der Waals surface area contributed by atoms with Gasteiger partial charge in [-0.3, -0.25) is 4.79 Å². The van der Waals surface area contributed by atoms with Crippen LogP contribution in [0.1, 0.15) is 23.3 Å². The Morgan fingerprint density at radius 3 is 2.37 bits per heavy atom. The first-order chi connectivity index (χ1) is 13.1. The molecule has 1 N–H and O–H groups in total. The van der Waals surface area contributed by atoms with Gasteiger partial charge in [-0.1, -0.05) is 24.3 Å². The molecular formula is C20H21N3O3S. The van der Waals surface area contributed by atoms with Gasteiger partial charge in [0, 0.05) is 30.8 Å². The third-order valence-corrected chi connectivity index (χ3v) is 6.88. The van der Waals surface area contributed by atoms with Gasteiger partial charge < -0.3 is 9.72 Å². The highest BCUT2D eigenvalue weighted by Crippen LogP contribution is 2.21. The molecule has 0 saturated carbocycles. The molecule has 140 valence electrons. The second-order valence-corrected chi connectivity index (χ2v) is 8.62. The molecule has 0 unspecified atom stereocenters. The number of carbonyl (C=O) groups is 1. The molecule has 6 nitrogen and oxygen atoms in total. The highest BCUT2D eigenvalue weighted by atomic mass is 32.2. The van der Waals surface area contributed by atoms with E-state index in [4.69, 9.17) is 0 Å². The Labute approximate surface area is 158 Å². The molecule has 0 radical (unpaired) electrons. The number of amides is 1. The van der Waals surface area contributed by atoms with Gasteiger partial charge in [-0.15, -0.1) is 0 Å². The van der Waals surface area contributed by atoms with Crippen LogP contribution in [0.5, 0.6) is 0 Å². The summed E-state index contributed by atoms with van der Waals surface area (Å²) in [6.07, 6.45) is 3.06. The molecule has 0 bridgehead atoms. The molecule has 27 heavy (non-hydrogen) atoms. The number of rotatable bonds is 4. The number of benzene rings is 1. The van der Waals surface area contributed by atoms with Crippen LogP contribution in [0.3, 0.4) is 0 Å². The molecule has 1 aromatic carbocycles. The number of hydrogen-bond acceptors (Lipinski definition) is 3. The van der Waals surface area contributed by atoms with Crippen LogP contribution in [0.2, 0.25) is 0 Å². The molecule has 1 fully saturated rings. The van der Waals surface area contributed by atoms with E-state index in [0.717, 1.165) is 5.52 Å². The van der Waals surface area contributed by atoms with Gasteiger partial charge in [-0.25, -0.2) is 8.42 Å². The maximum Gasteiger partial charge on any atom is 0.268 e. The van der Waals surface area contributed by atoms with E-state index >= 15 is 0 Å². The molecule has 2 aromatic heterocycles. The van der Waals surface area contributed by atoms with Crippen molar-refractivity contribution in [3.05, 3.63) is 72.6 Å². The predicted molar refractivity (Wildman–Crippen MR) is 103 cm³/mol. The molecule has 1 amide bonds. The zero-order chi connectivity index (χ0) is 18.9. The molecule has 7 heteroatoms. The van der Waals surface area contributed by atoms with Gasteiger partial charge in [0.05, 0.1) is 4.90 Å². The quantitative estimate of drug-likeness (QED) is 0.753. The fourth-order valence-corrected chi connectivity index (χ4v) is 4.97. The molecule has 0 atom stereocenters. The first kappa shape index (κ1) is 17.8. The lowest BCUT2D eigenvalue weighted by molar-refractivity contribution is 0.0918. The summed E-state index contributed by atoms with van der Waals surface area (Å²) in [6.45, 7) is 0.800. The summed E-state index contributed by atoms with van der Waals surface area (Å²) in [5.74, 6) is -0.134. The van der Waals surface area contributed by atoms with E-state index in [1.807, 2.05) is 34.9 Å². The second kappa shape index (κ2) is 7.17. The van der Waals surface area contributed by atoms with Crippen LogP contribution in [0.15, 0.2) is 71.8 Å². The number of pyridine rings is 1. The van der Waals surface area contributed by atoms with Crippen molar-refractivity contribution in [2.45, 2.75) is 23.8 Å². The summed E-state index contributed by atoms with van der Waals surface area (Å²) in [7, 11) is -3.47. The standard InChI is InChI=1S/C20H21N3O3S/c24-20(19-10-9-17-6-4-5-13-23(17)19)21-16-11-14-22(15-12-16)27(25,26)18-7-2-1-3-8-18/h1-10,13,16H,11-12,14-15H2,(H,21,24). The summed E-state index contributed by atoms with van der Waals surface area (Å²) in [5.41, 5.74) is 1.55. The number of piperidine rings is 1. The molecule has 1 aliphatic rings. The minimum absolute atomic E-state index is 0.0333. The third-order valence-electron chi connectivity index (χ3n) is 4.97. The van der Waals surface area contributed by atoms with E-state index in [1.165, 1.54) is 4.31 Å². The molecule has 3 heterocycles. The van der Waals surface area contributed by atoms with Crippen LogP contribution >= 0.6 is 0 Å². The van der Waals surface area contributed by atoms with Gasteiger partial charge in [0.2, 0.25) is 10.0 Å². The maximum absolute atomic E-state index is 12.7. The van der Waals surface area contributed by atoms with Crippen LogP contribution < -0.4 is 5.32 Å². The van der Waals surface area contributed by atoms with Gasteiger partial charge in [0.15, 0.2) is 0 Å². The third kappa shape index (κ3) is 3.48. The topological polar surface area (TPSA) is 70.9 Å². The van der Waals surface area contributed by atoms with Crippen molar-refractivity contribution >= 4 is 21.4 Å². The smallest absolute Gasteiger partial charge is 0.268 e. The molecule has 3 aromatic rings. The summed E-state index contributed by atoms with van der Waals surface area (Å²) in [5, 5.41) is 3.04. The Hall–Kier alpha value is -2.64. The van der Waals surface area contributed by atoms with Crippen molar-refractivity contribution in [2.75, 3.05) is 13.1 Å². The lowest BCUT2D eigenvalue weighted by Crippen LogP contribution is -2.46. The van der Waals surface area contributed by atoms with E-state index < -0.39 is 10.0 Å². The van der Waals surface area contributed by atoms with E-state index in [1.54, 1.807) is 36.4 Å². The van der Waals surface area contributed by atoms with E-state index in [9.17, 15) is 13.2 Å². The Kier molecular flexibility index (Phi) is 4.72. The van der Waals surface area contributed by atoms with Crippen LogP contribution in [0, 0.1) is 0 Å². The number of hydrogen-bond donors (Lipinski definition) is 1. The monoisotopic (exact) mass is 383 g/mol. The molecule has 0 spiro atoms. The highest BCUT2D eigenvalue weighted by molar-refractivity contribution is 7.89. The SMILES string of the molecule is O=C(NC1CCN(S(=O)(=O)c2ccccc2)CC1)c1ccc2ccccn12. The zero-order valence-corrected chi connectivity index (χ0v) is 15.6. The second-order valence-electron chi connectivity index (χ2n) is 6.68. The van der Waals surface area contributed by atoms with E-state index in [2.05, 4.69) is 5.32 Å². The number of aromatic nitrogens is 1. The lowest BCUT2D eigenvalue weighted by atomic mass is 10.1. The molecule has 0 aliphatic carbocycles. The number of fused-ring (bicyclic) bond motifs is 1. The summed E-state index contributed by atoms with van der Waals surface area (Å²) >= 11 is 0. The van der Waals surface area contributed by atoms with Crippen molar-refractivity contribution in [2.24, 2.45) is 0 Å². The fraction of sp³-hybridized carbons (Fsp3) is 0.250. The molecule has 1 saturated heterocycles. The maximum atomic E-state index is 12.7. The van der Waals surface area contributed by atoms with Crippen LogP contribution in [0.25, 0.3) is 5.52 Å². The van der Waals surface area contributed by atoms with Crippen molar-refractivity contribution < 1.29 is 13.2 Å². The van der Waals surface area contributed by atoms with Crippen molar-refractivity contribution in [1.29, 1.82) is 0 Å². The minimum atomic E-state index is -3.47. The normalized spacial score (nSPS) is 16.4. The van der Waals surface area contributed by atoms with E-state index in [-0.39, 0.29) is 11.9 Å². The minimum Gasteiger partial charge on any atom is -0.348 e. The summed E-state index contributed by atoms with van der Waals surface area (Å²) in [6, 6.07) is 17.9. The molecule has 1 aliphatic heterocycles. The number of sulfonamides is 1. The fourth-order valence-electron chi connectivity index (χ4n) is 3.48.